The highest BCUT2D eigenvalue weighted by molar-refractivity contribution is 7.18. The van der Waals surface area contributed by atoms with Crippen molar-refractivity contribution in [3.05, 3.63) is 10.4 Å². The van der Waals surface area contributed by atoms with Crippen LogP contribution in [0.1, 0.15) is 15.2 Å². The summed E-state index contributed by atoms with van der Waals surface area (Å²) in [4.78, 5) is 13.9. The van der Waals surface area contributed by atoms with E-state index in [1.807, 2.05) is 0 Å². The largest absolute Gasteiger partial charge is 0.465 e. The van der Waals surface area contributed by atoms with Crippen molar-refractivity contribution >= 4 is 28.0 Å². The fourth-order valence-electron chi connectivity index (χ4n) is 1.87. The molecule has 1 aliphatic rings. The third-order valence-electron chi connectivity index (χ3n) is 2.81. The van der Waals surface area contributed by atoms with E-state index < -0.39 is 5.97 Å². The molecule has 7 heteroatoms. The van der Waals surface area contributed by atoms with Crippen LogP contribution in [0.3, 0.4) is 0 Å². The normalized spacial score (nSPS) is 15.2. The van der Waals surface area contributed by atoms with Gasteiger partial charge in [-0.25, -0.2) is 4.79 Å². The Morgan fingerprint density at radius 1 is 1.56 bits per heavy atom. The van der Waals surface area contributed by atoms with Crippen molar-refractivity contribution < 1.29 is 9.53 Å². The van der Waals surface area contributed by atoms with Gasteiger partial charge in [0.1, 0.15) is 21.5 Å². The number of nitrogen functional groups attached to an aromatic ring is 1. The maximum atomic E-state index is 11.6. The van der Waals surface area contributed by atoms with Crippen LogP contribution in [0.4, 0.5) is 10.7 Å². The highest BCUT2D eigenvalue weighted by Gasteiger charge is 2.25. The lowest BCUT2D eigenvalue weighted by molar-refractivity contribution is 0.0607. The van der Waals surface area contributed by atoms with E-state index in [0.29, 0.717) is 10.4 Å². The quantitative estimate of drug-likeness (QED) is 0.753. The molecule has 0 unspecified atom stereocenters. The number of methoxy groups -OCH3 is 1. The lowest BCUT2D eigenvalue weighted by atomic mass is 10.2. The van der Waals surface area contributed by atoms with E-state index in [1.165, 1.54) is 18.4 Å². The molecule has 0 saturated carbocycles. The van der Waals surface area contributed by atoms with Crippen LogP contribution in [0.5, 0.6) is 0 Å². The van der Waals surface area contributed by atoms with Crippen LogP contribution >= 0.6 is 11.3 Å². The van der Waals surface area contributed by atoms with Gasteiger partial charge in [0.2, 0.25) is 0 Å². The average Bonchev–Trinajstić information content (AvgIpc) is 2.76. The number of anilines is 2. The second-order valence-electron chi connectivity index (χ2n) is 3.87. The van der Waals surface area contributed by atoms with Crippen molar-refractivity contribution in [3.8, 4) is 6.07 Å². The highest BCUT2D eigenvalue weighted by atomic mass is 32.1. The van der Waals surface area contributed by atoms with Crippen LogP contribution in [0.15, 0.2) is 0 Å². The van der Waals surface area contributed by atoms with Crippen LogP contribution in [-0.2, 0) is 4.74 Å². The van der Waals surface area contributed by atoms with E-state index in [9.17, 15) is 10.1 Å². The second kappa shape index (κ2) is 5.25. The van der Waals surface area contributed by atoms with Crippen molar-refractivity contribution in [2.24, 2.45) is 0 Å². The first-order valence-corrected chi connectivity index (χ1v) is 6.37. The number of nitrogens with one attached hydrogen (secondary N) is 1. The molecule has 96 valence electrons. The van der Waals surface area contributed by atoms with Gasteiger partial charge in [0.25, 0.3) is 0 Å². The van der Waals surface area contributed by atoms with E-state index >= 15 is 0 Å². The van der Waals surface area contributed by atoms with Gasteiger partial charge < -0.3 is 20.7 Å². The Bertz CT molecular complexity index is 500. The Kier molecular flexibility index (Phi) is 3.69. The molecule has 1 saturated heterocycles. The fraction of sp³-hybridized carbons (Fsp3) is 0.455. The molecule has 0 aromatic carbocycles. The summed E-state index contributed by atoms with van der Waals surface area (Å²) in [6.45, 7) is 3.32. The van der Waals surface area contributed by atoms with Gasteiger partial charge in [-0.2, -0.15) is 5.26 Å². The molecule has 2 rings (SSSR count). The van der Waals surface area contributed by atoms with Crippen molar-refractivity contribution in [3.63, 3.8) is 0 Å². The molecular formula is C11H14N4O2S. The summed E-state index contributed by atoms with van der Waals surface area (Å²) < 4.78 is 4.67. The lowest BCUT2D eigenvalue weighted by Crippen LogP contribution is -2.43. The number of ether oxygens (including phenoxy) is 1. The third-order valence-corrected chi connectivity index (χ3v) is 4.06. The van der Waals surface area contributed by atoms with E-state index in [1.54, 1.807) is 0 Å². The molecule has 2 heterocycles. The lowest BCUT2D eigenvalue weighted by Gasteiger charge is -2.28. The number of hydrogen-bond donors (Lipinski definition) is 2. The molecule has 1 aromatic heterocycles. The Labute approximate surface area is 109 Å². The van der Waals surface area contributed by atoms with E-state index in [2.05, 4.69) is 21.0 Å². The molecule has 1 aliphatic heterocycles. The Morgan fingerprint density at radius 3 is 2.78 bits per heavy atom. The van der Waals surface area contributed by atoms with Crippen molar-refractivity contribution in [1.82, 2.24) is 5.32 Å². The summed E-state index contributed by atoms with van der Waals surface area (Å²) in [5, 5.41) is 13.2. The molecule has 0 bridgehead atoms. The van der Waals surface area contributed by atoms with Gasteiger partial charge >= 0.3 is 5.97 Å². The van der Waals surface area contributed by atoms with Gasteiger partial charge in [0.15, 0.2) is 0 Å². The maximum Gasteiger partial charge on any atom is 0.350 e. The summed E-state index contributed by atoms with van der Waals surface area (Å²) in [5.74, 6) is -0.490. The molecule has 6 nitrogen and oxygen atoms in total. The number of hydrogen-bond acceptors (Lipinski definition) is 7. The Balaban J connectivity index is 2.40. The minimum atomic E-state index is -0.490. The highest BCUT2D eigenvalue weighted by Crippen LogP contribution is 2.38. The van der Waals surface area contributed by atoms with Crippen molar-refractivity contribution in [2.45, 2.75) is 0 Å². The van der Waals surface area contributed by atoms with E-state index in [-0.39, 0.29) is 5.69 Å². The number of carbonyl (C=O) groups excluding carboxylic acids is 1. The van der Waals surface area contributed by atoms with Crippen molar-refractivity contribution in [2.75, 3.05) is 43.9 Å². The summed E-state index contributed by atoms with van der Waals surface area (Å²) >= 11 is 1.23. The van der Waals surface area contributed by atoms with Crippen LogP contribution in [0.25, 0.3) is 0 Å². The van der Waals surface area contributed by atoms with Gasteiger partial charge in [-0.05, 0) is 0 Å². The molecule has 3 N–H and O–H groups in total. The van der Waals surface area contributed by atoms with Crippen LogP contribution < -0.4 is 16.0 Å². The Morgan fingerprint density at radius 2 is 2.22 bits per heavy atom. The topological polar surface area (TPSA) is 91.4 Å². The SMILES string of the molecule is COC(=O)c1sc(N2CCNCC2)c(C#N)c1N. The maximum absolute atomic E-state index is 11.6. The monoisotopic (exact) mass is 266 g/mol. The Hall–Kier alpha value is -1.78. The fourth-order valence-corrected chi connectivity index (χ4v) is 3.02. The average molecular weight is 266 g/mol. The molecular weight excluding hydrogens is 252 g/mol. The second-order valence-corrected chi connectivity index (χ2v) is 4.86. The number of piperazine rings is 1. The third kappa shape index (κ3) is 2.12. The number of nitrogens with two attached hydrogens (primary N) is 1. The number of esters is 1. The molecule has 0 amide bonds. The van der Waals surface area contributed by atoms with Crippen LogP contribution in [0, 0.1) is 11.3 Å². The molecule has 1 aromatic rings. The number of thiophene rings is 1. The molecule has 0 atom stereocenters. The first-order chi connectivity index (χ1) is 8.69. The molecule has 0 aliphatic carbocycles. The molecule has 0 radical (unpaired) electrons. The summed E-state index contributed by atoms with van der Waals surface area (Å²) in [7, 11) is 1.30. The number of nitrogens with zero attached hydrogens (tertiary/aromatic N) is 2. The van der Waals surface area contributed by atoms with Gasteiger partial charge in [-0.3, -0.25) is 0 Å². The molecule has 1 fully saturated rings. The van der Waals surface area contributed by atoms with Crippen molar-refractivity contribution in [1.29, 1.82) is 5.26 Å². The predicted octanol–water partition coefficient (Wildman–Crippen LogP) is 0.398. The number of carbonyl (C=O) groups is 1. The predicted molar refractivity (Wildman–Crippen MR) is 69.9 cm³/mol. The minimum absolute atomic E-state index is 0.225. The van der Waals surface area contributed by atoms with E-state index in [4.69, 9.17) is 5.73 Å². The first kappa shape index (κ1) is 12.7. The summed E-state index contributed by atoms with van der Waals surface area (Å²) in [6.07, 6.45) is 0. The zero-order chi connectivity index (χ0) is 13.1. The zero-order valence-electron chi connectivity index (χ0n) is 10.0. The van der Waals surface area contributed by atoms with Gasteiger partial charge in [0.05, 0.1) is 12.8 Å². The number of rotatable bonds is 2. The smallest absolute Gasteiger partial charge is 0.350 e. The van der Waals surface area contributed by atoms with E-state index in [0.717, 1.165) is 31.2 Å². The standard InChI is InChI=1S/C11H14N4O2S/c1-17-11(16)9-8(13)7(6-12)10(18-9)15-4-2-14-3-5-15/h14H,2-5,13H2,1H3. The first-order valence-electron chi connectivity index (χ1n) is 5.55. The van der Waals surface area contributed by atoms with Crippen LogP contribution in [-0.4, -0.2) is 39.3 Å². The van der Waals surface area contributed by atoms with Crippen LogP contribution in [0.2, 0.25) is 0 Å². The summed E-state index contributed by atoms with van der Waals surface area (Å²) in [5.41, 5.74) is 6.44. The number of nitriles is 1. The minimum Gasteiger partial charge on any atom is -0.465 e. The summed E-state index contributed by atoms with van der Waals surface area (Å²) in [6, 6.07) is 2.08. The van der Waals surface area contributed by atoms with Gasteiger partial charge in [-0.1, -0.05) is 0 Å². The molecule has 18 heavy (non-hydrogen) atoms. The zero-order valence-corrected chi connectivity index (χ0v) is 10.8. The molecule has 0 spiro atoms. The van der Waals surface area contributed by atoms with Gasteiger partial charge in [-0.15, -0.1) is 11.3 Å². The van der Waals surface area contributed by atoms with Gasteiger partial charge in [0, 0.05) is 26.2 Å².